The van der Waals surface area contributed by atoms with Crippen LogP contribution in [0.4, 0.5) is 17.1 Å². The van der Waals surface area contributed by atoms with Gasteiger partial charge in [0.2, 0.25) is 0 Å². The molecule has 6 aliphatic rings. The molecule has 0 aromatic heterocycles. The van der Waals surface area contributed by atoms with Gasteiger partial charge in [-0.2, -0.15) is 0 Å². The van der Waals surface area contributed by atoms with Crippen molar-refractivity contribution in [2.75, 3.05) is 4.90 Å². The third-order valence-electron chi connectivity index (χ3n) is 30.5. The van der Waals surface area contributed by atoms with E-state index in [0.717, 1.165) is 0 Å². The topological polar surface area (TPSA) is 3.24 Å². The molecule has 0 amide bonds. The van der Waals surface area contributed by atoms with Crippen LogP contribution >= 0.6 is 0 Å². The van der Waals surface area contributed by atoms with Crippen LogP contribution in [-0.4, -0.2) is 8.07 Å². The quantitative estimate of drug-likeness (QED) is 0.0870. The van der Waals surface area contributed by atoms with Gasteiger partial charge in [0.1, 0.15) is 8.07 Å². The SMILES string of the molecule is CC1(C)c2cc(-c3ccccc3)ccc2-c2ccc(N(c3ccc4c(c3)[Si](C)(C)c3cc(-c5cccc6c5-c5ccccc5C6(C)C)ccc3-4)c3ccccc3-c3ccccc3)cc21.CC1(C)c2ccccc2-c2ccc(C(c3ccc4c(c3)C(C)(C)c3cc(-c5cccc6c5-c5ccccc5C6(C)C)ccc3-4)c3ccc(-c4ccccc4)cc3-c3ccccc3)cc21. The first kappa shape index (κ1) is 78.7. The Morgan fingerprint density at radius 2 is 0.516 bits per heavy atom. The average molecular weight is 1660 g/mol. The van der Waals surface area contributed by atoms with E-state index >= 15 is 0 Å². The summed E-state index contributed by atoms with van der Waals surface area (Å²) in [7, 11) is -2.17. The molecule has 0 bridgehead atoms. The Balaban J connectivity index is 0.000000146. The fourth-order valence-corrected chi connectivity index (χ4v) is 26.8. The predicted molar refractivity (Wildman–Crippen MR) is 544 cm³/mol. The highest BCUT2D eigenvalue weighted by Gasteiger charge is 2.45. The molecule has 1 unspecified atom stereocenters. The molecule has 0 saturated heterocycles. The summed E-state index contributed by atoms with van der Waals surface area (Å²) >= 11 is 0. The van der Waals surface area contributed by atoms with Crippen LogP contribution in [0, 0.1) is 0 Å². The molecular formula is C126H103NSi. The van der Waals surface area contributed by atoms with Crippen LogP contribution in [0.5, 0.6) is 0 Å². The van der Waals surface area contributed by atoms with Gasteiger partial charge in [-0.1, -0.05) is 434 Å². The van der Waals surface area contributed by atoms with E-state index in [4.69, 9.17) is 0 Å². The molecule has 0 radical (unpaired) electrons. The van der Waals surface area contributed by atoms with E-state index in [1.165, 1.54) is 233 Å². The van der Waals surface area contributed by atoms with Crippen molar-refractivity contribution >= 4 is 35.5 Å². The summed E-state index contributed by atoms with van der Waals surface area (Å²) in [4.78, 5) is 2.53. The lowest BCUT2D eigenvalue weighted by molar-refractivity contribution is 0.657. The van der Waals surface area contributed by atoms with E-state index < -0.39 is 8.07 Å². The van der Waals surface area contributed by atoms with Crippen molar-refractivity contribution in [3.8, 4) is 134 Å². The zero-order valence-electron chi connectivity index (χ0n) is 75.1. The molecule has 1 nitrogen and oxygen atoms in total. The Labute approximate surface area is 756 Å². The minimum absolute atomic E-state index is 0.0134. The number of anilines is 3. The maximum Gasteiger partial charge on any atom is 0.113 e. The summed E-state index contributed by atoms with van der Waals surface area (Å²) in [5, 5.41) is 3.01. The van der Waals surface area contributed by atoms with Crippen LogP contribution in [0.25, 0.3) is 134 Å². The van der Waals surface area contributed by atoms with E-state index in [9.17, 15) is 0 Å². The molecule has 128 heavy (non-hydrogen) atoms. The zero-order chi connectivity index (χ0) is 87.1. The van der Waals surface area contributed by atoms with Crippen molar-refractivity contribution in [3.05, 3.63) is 473 Å². The highest BCUT2D eigenvalue weighted by Crippen LogP contribution is 2.60. The Hall–Kier alpha value is -14.0. The van der Waals surface area contributed by atoms with Gasteiger partial charge in [0.25, 0.3) is 0 Å². The fraction of sp³-hybridized carbons (Fsp3) is 0.143. The van der Waals surface area contributed by atoms with E-state index in [0.29, 0.717) is 0 Å². The molecule has 24 rings (SSSR count). The van der Waals surface area contributed by atoms with Crippen LogP contribution in [0.1, 0.15) is 147 Å². The first-order chi connectivity index (χ1) is 62.0. The molecule has 18 aromatic carbocycles. The van der Waals surface area contributed by atoms with Gasteiger partial charge < -0.3 is 4.90 Å². The lowest BCUT2D eigenvalue weighted by Crippen LogP contribution is -2.49. The van der Waals surface area contributed by atoms with Crippen molar-refractivity contribution in [1.29, 1.82) is 0 Å². The number of hydrogen-bond donors (Lipinski definition) is 0. The third-order valence-corrected chi connectivity index (χ3v) is 34.1. The fourth-order valence-electron chi connectivity index (χ4n) is 23.7. The number of nitrogens with zero attached hydrogens (tertiary/aromatic N) is 1. The molecule has 5 aliphatic carbocycles. The second-order valence-corrected chi connectivity index (χ2v) is 44.1. The number of rotatable bonds is 12. The van der Waals surface area contributed by atoms with Gasteiger partial charge >= 0.3 is 0 Å². The minimum Gasteiger partial charge on any atom is -0.310 e. The molecule has 0 spiro atoms. The Morgan fingerprint density at radius 1 is 0.195 bits per heavy atom. The van der Waals surface area contributed by atoms with E-state index in [-0.39, 0.29) is 33.0 Å². The lowest BCUT2D eigenvalue weighted by atomic mass is 9.75. The number of hydrogen-bond acceptors (Lipinski definition) is 1. The van der Waals surface area contributed by atoms with Crippen LogP contribution in [0.3, 0.4) is 0 Å². The predicted octanol–water partition coefficient (Wildman–Crippen LogP) is 32.4. The molecule has 1 heterocycles. The standard InChI is InChI=1S/C64H52.C62H51NSi/c1-62(2)55-26-16-14-23-52(55)61-46(24-17-27-56(61)62)43-29-32-49-50-34-31-45(39-59(50)64(5,6)57(49)37-43)60(44-30-33-48-47-22-13-15-25-54(47)63(3,4)58(48)38-44)51-35-28-42(40-18-9-7-10-19-40)36-53(51)41-20-11-8-12-21-41;1-61(2)53-25-15-13-23-52(53)60-47(24-17-26-54(60)61)43-29-33-50-51-35-31-45(39-59(51)64(5,6)58(50)37-43)63(57-27-16-14-22-46(57)41-20-11-8-12-21-41)44-30-34-49-48-32-28-42(40-18-9-7-10-19-40)36-55(48)62(3,4)56(49)38-44/h7-39,60H,1-6H3;7-39H,1-6H3. The van der Waals surface area contributed by atoms with E-state index in [2.05, 4.69) is 488 Å². The molecule has 0 fully saturated rings. The summed E-state index contributed by atoms with van der Waals surface area (Å²) in [6.07, 6.45) is 0. The summed E-state index contributed by atoms with van der Waals surface area (Å²) in [6.45, 7) is 29.1. The third kappa shape index (κ3) is 12.1. The Morgan fingerprint density at radius 3 is 1.04 bits per heavy atom. The molecule has 0 N–H and O–H groups in total. The van der Waals surface area contributed by atoms with Gasteiger partial charge in [0.15, 0.2) is 0 Å². The number of benzene rings is 18. The molecule has 0 saturated carbocycles. The largest absolute Gasteiger partial charge is 0.310 e. The van der Waals surface area contributed by atoms with Crippen LogP contribution in [-0.2, 0) is 27.1 Å². The van der Waals surface area contributed by atoms with Gasteiger partial charge in [0, 0.05) is 49.9 Å². The smallest absolute Gasteiger partial charge is 0.113 e. The molecule has 18 aromatic rings. The normalized spacial score (nSPS) is 15.4. The van der Waals surface area contributed by atoms with E-state index in [1.54, 1.807) is 0 Å². The van der Waals surface area contributed by atoms with Gasteiger partial charge in [-0.15, -0.1) is 0 Å². The van der Waals surface area contributed by atoms with Crippen molar-refractivity contribution < 1.29 is 0 Å². The first-order valence-electron chi connectivity index (χ1n) is 45.9. The number of fused-ring (bicyclic) bond motifs is 18. The van der Waals surface area contributed by atoms with Crippen molar-refractivity contribution in [2.45, 2.75) is 115 Å². The van der Waals surface area contributed by atoms with Gasteiger partial charge in [-0.05, 0) is 259 Å². The summed E-state index contributed by atoms with van der Waals surface area (Å²) in [5.74, 6) is -0.0134. The molecular weight excluding hydrogens is 1560 g/mol. The lowest BCUT2D eigenvalue weighted by Gasteiger charge is -2.31. The molecule has 1 aliphatic heterocycles. The van der Waals surface area contributed by atoms with Gasteiger partial charge in [-0.3, -0.25) is 0 Å². The highest BCUT2D eigenvalue weighted by atomic mass is 28.3. The Bertz CT molecular complexity index is 7600. The molecule has 2 heteroatoms. The maximum absolute atomic E-state index is 2.56. The van der Waals surface area contributed by atoms with Crippen LogP contribution < -0.4 is 15.3 Å². The average Bonchev–Trinajstić information content (AvgIpc) is 1.52. The second-order valence-electron chi connectivity index (χ2n) is 39.7. The Kier molecular flexibility index (Phi) is 18.0. The second kappa shape index (κ2) is 29.3. The first-order valence-corrected chi connectivity index (χ1v) is 48.9. The van der Waals surface area contributed by atoms with Crippen LogP contribution in [0.2, 0.25) is 13.1 Å². The number of para-hydroxylation sites is 1. The maximum atomic E-state index is 2.56. The van der Waals surface area contributed by atoms with Crippen molar-refractivity contribution in [2.24, 2.45) is 0 Å². The molecule has 1 atom stereocenters. The van der Waals surface area contributed by atoms with Gasteiger partial charge in [-0.25, -0.2) is 0 Å². The zero-order valence-corrected chi connectivity index (χ0v) is 76.1. The van der Waals surface area contributed by atoms with E-state index in [1.807, 2.05) is 0 Å². The van der Waals surface area contributed by atoms with Gasteiger partial charge in [0.05, 0.1) is 5.69 Å². The summed E-state index contributed by atoms with van der Waals surface area (Å²) in [5.41, 5.74) is 52.4. The molecule has 616 valence electrons. The monoisotopic (exact) mass is 1660 g/mol. The van der Waals surface area contributed by atoms with Crippen molar-refractivity contribution in [3.63, 3.8) is 0 Å². The van der Waals surface area contributed by atoms with Crippen LogP contribution in [0.15, 0.2) is 400 Å². The highest BCUT2D eigenvalue weighted by molar-refractivity contribution is 7.04. The minimum atomic E-state index is -2.17. The summed E-state index contributed by atoms with van der Waals surface area (Å²) < 4.78 is 0. The van der Waals surface area contributed by atoms with Crippen molar-refractivity contribution in [1.82, 2.24) is 0 Å². The summed E-state index contributed by atoms with van der Waals surface area (Å²) in [6, 6.07) is 151.